The first-order chi connectivity index (χ1) is 7.80. The van der Waals surface area contributed by atoms with Crippen LogP contribution in [0.4, 0.5) is 13.2 Å². The summed E-state index contributed by atoms with van der Waals surface area (Å²) in [7, 11) is 1.70. The van der Waals surface area contributed by atoms with E-state index >= 15 is 0 Å². The Morgan fingerprint density at radius 2 is 2.00 bits per heavy atom. The van der Waals surface area contributed by atoms with E-state index in [1.54, 1.807) is 11.9 Å². The highest BCUT2D eigenvalue weighted by Gasteiger charge is 2.35. The molecule has 0 spiro atoms. The SMILES string of the molecule is Cc1cc2c(cc1C(F)(F)F)C(O)N(C)CC2. The van der Waals surface area contributed by atoms with E-state index in [0.29, 0.717) is 18.5 Å². The molecule has 1 aliphatic heterocycles. The van der Waals surface area contributed by atoms with Gasteiger partial charge in [-0.1, -0.05) is 6.07 Å². The maximum absolute atomic E-state index is 12.7. The molecule has 0 bridgehead atoms. The van der Waals surface area contributed by atoms with E-state index in [4.69, 9.17) is 0 Å². The number of halogens is 3. The van der Waals surface area contributed by atoms with Crippen LogP contribution in [0.1, 0.15) is 28.5 Å². The summed E-state index contributed by atoms with van der Waals surface area (Å²) >= 11 is 0. The van der Waals surface area contributed by atoms with Crippen LogP contribution in [0, 0.1) is 6.92 Å². The van der Waals surface area contributed by atoms with Gasteiger partial charge >= 0.3 is 6.18 Å². The number of rotatable bonds is 0. The molecule has 0 saturated carbocycles. The number of benzene rings is 1. The van der Waals surface area contributed by atoms with Crippen molar-refractivity contribution < 1.29 is 18.3 Å². The fraction of sp³-hybridized carbons (Fsp3) is 0.500. The van der Waals surface area contributed by atoms with Gasteiger partial charge in [-0.25, -0.2) is 0 Å². The molecule has 94 valence electrons. The van der Waals surface area contributed by atoms with E-state index < -0.39 is 18.0 Å². The average molecular weight is 245 g/mol. The lowest BCUT2D eigenvalue weighted by atomic mass is 9.93. The lowest BCUT2D eigenvalue weighted by Crippen LogP contribution is -2.32. The molecule has 1 heterocycles. The van der Waals surface area contributed by atoms with Crippen LogP contribution in [0.5, 0.6) is 0 Å². The van der Waals surface area contributed by atoms with E-state index in [1.165, 1.54) is 13.0 Å². The molecule has 0 aliphatic carbocycles. The van der Waals surface area contributed by atoms with Gasteiger partial charge in [0.15, 0.2) is 0 Å². The standard InChI is InChI=1S/C12H14F3NO/c1-7-5-8-3-4-16(2)11(17)9(8)6-10(7)12(13,14)15/h5-6,11,17H,3-4H2,1-2H3. The number of aryl methyl sites for hydroxylation is 1. The minimum atomic E-state index is -4.37. The number of aliphatic hydroxyl groups excluding tert-OH is 1. The quantitative estimate of drug-likeness (QED) is 0.759. The van der Waals surface area contributed by atoms with Crippen LogP contribution in [0.25, 0.3) is 0 Å². The molecular formula is C12H14F3NO. The third-order valence-electron chi connectivity index (χ3n) is 3.22. The molecule has 0 amide bonds. The van der Waals surface area contributed by atoms with Crippen molar-refractivity contribution in [3.8, 4) is 0 Å². The minimum absolute atomic E-state index is 0.216. The van der Waals surface area contributed by atoms with Gasteiger partial charge in [0, 0.05) is 6.54 Å². The van der Waals surface area contributed by atoms with Crippen LogP contribution >= 0.6 is 0 Å². The predicted molar refractivity (Wildman–Crippen MR) is 57.5 cm³/mol. The van der Waals surface area contributed by atoms with Crippen LogP contribution in [0.2, 0.25) is 0 Å². The first kappa shape index (κ1) is 12.4. The van der Waals surface area contributed by atoms with Gasteiger partial charge in [0.2, 0.25) is 0 Å². The van der Waals surface area contributed by atoms with Crippen molar-refractivity contribution in [3.63, 3.8) is 0 Å². The van der Waals surface area contributed by atoms with E-state index in [0.717, 1.165) is 11.6 Å². The molecule has 1 atom stereocenters. The molecule has 1 N–H and O–H groups in total. The van der Waals surface area contributed by atoms with Crippen LogP contribution in [0.3, 0.4) is 0 Å². The topological polar surface area (TPSA) is 23.5 Å². The maximum atomic E-state index is 12.7. The Bertz CT molecular complexity index is 442. The molecule has 0 radical (unpaired) electrons. The van der Waals surface area contributed by atoms with Crippen molar-refractivity contribution in [1.29, 1.82) is 0 Å². The van der Waals surface area contributed by atoms with Crippen molar-refractivity contribution in [3.05, 3.63) is 34.4 Å². The van der Waals surface area contributed by atoms with Gasteiger partial charge in [-0.3, -0.25) is 4.90 Å². The Kier molecular flexibility index (Phi) is 2.91. The molecule has 0 fully saturated rings. The van der Waals surface area contributed by atoms with Gasteiger partial charge in [-0.2, -0.15) is 13.2 Å². The normalized spacial score (nSPS) is 21.4. The Balaban J connectivity index is 2.54. The molecule has 5 heteroatoms. The number of likely N-dealkylation sites (N-methyl/N-ethyl adjacent to an activating group) is 1. The van der Waals surface area contributed by atoms with E-state index in [9.17, 15) is 18.3 Å². The number of hydrogen-bond acceptors (Lipinski definition) is 2. The Morgan fingerprint density at radius 1 is 1.35 bits per heavy atom. The van der Waals surface area contributed by atoms with Crippen molar-refractivity contribution >= 4 is 0 Å². The lowest BCUT2D eigenvalue weighted by Gasteiger charge is -2.31. The summed E-state index contributed by atoms with van der Waals surface area (Å²) in [6, 6.07) is 2.61. The van der Waals surface area contributed by atoms with Crippen LogP contribution in [-0.2, 0) is 12.6 Å². The maximum Gasteiger partial charge on any atom is 0.416 e. The molecule has 1 aromatic rings. The van der Waals surface area contributed by atoms with E-state index in [2.05, 4.69) is 0 Å². The monoisotopic (exact) mass is 245 g/mol. The van der Waals surface area contributed by atoms with E-state index in [-0.39, 0.29) is 5.56 Å². The van der Waals surface area contributed by atoms with Crippen molar-refractivity contribution in [2.75, 3.05) is 13.6 Å². The highest BCUT2D eigenvalue weighted by atomic mass is 19.4. The fourth-order valence-corrected chi connectivity index (χ4v) is 2.20. The summed E-state index contributed by atoms with van der Waals surface area (Å²) in [6.45, 7) is 2.10. The zero-order chi connectivity index (χ0) is 12.8. The third kappa shape index (κ3) is 2.17. The highest BCUT2D eigenvalue weighted by Crippen LogP contribution is 2.36. The Hall–Kier alpha value is -1.07. The van der Waals surface area contributed by atoms with Crippen LogP contribution in [0.15, 0.2) is 12.1 Å². The summed E-state index contributed by atoms with van der Waals surface area (Å²) in [6.07, 6.45) is -4.64. The second-order valence-electron chi connectivity index (χ2n) is 4.47. The fourth-order valence-electron chi connectivity index (χ4n) is 2.20. The van der Waals surface area contributed by atoms with Crippen molar-refractivity contribution in [2.24, 2.45) is 0 Å². The number of alkyl halides is 3. The molecular weight excluding hydrogens is 231 g/mol. The number of fused-ring (bicyclic) bond motifs is 1. The molecule has 1 aromatic carbocycles. The minimum Gasteiger partial charge on any atom is -0.374 e. The largest absolute Gasteiger partial charge is 0.416 e. The van der Waals surface area contributed by atoms with Gasteiger partial charge in [0.25, 0.3) is 0 Å². The van der Waals surface area contributed by atoms with Gasteiger partial charge in [-0.05, 0) is 43.1 Å². The Morgan fingerprint density at radius 3 is 2.59 bits per heavy atom. The number of nitrogens with zero attached hydrogens (tertiary/aromatic N) is 1. The molecule has 2 rings (SSSR count). The second kappa shape index (κ2) is 3.99. The average Bonchev–Trinajstić information content (AvgIpc) is 2.21. The van der Waals surface area contributed by atoms with Gasteiger partial charge < -0.3 is 5.11 Å². The summed E-state index contributed by atoms with van der Waals surface area (Å²) < 4.78 is 38.2. The molecule has 2 nitrogen and oxygen atoms in total. The zero-order valence-electron chi connectivity index (χ0n) is 9.67. The first-order valence-corrected chi connectivity index (χ1v) is 5.39. The Labute approximate surface area is 97.7 Å². The molecule has 17 heavy (non-hydrogen) atoms. The number of aliphatic hydroxyl groups is 1. The summed E-state index contributed by atoms with van der Waals surface area (Å²) in [5.41, 5.74) is 0.733. The van der Waals surface area contributed by atoms with Crippen molar-refractivity contribution in [2.45, 2.75) is 25.7 Å². The van der Waals surface area contributed by atoms with E-state index in [1.807, 2.05) is 0 Å². The highest BCUT2D eigenvalue weighted by molar-refractivity contribution is 5.41. The predicted octanol–water partition coefficient (Wildman–Crippen LogP) is 2.49. The van der Waals surface area contributed by atoms with Gasteiger partial charge in [0.05, 0.1) is 5.56 Å². The number of hydrogen-bond donors (Lipinski definition) is 1. The van der Waals surface area contributed by atoms with Crippen LogP contribution in [-0.4, -0.2) is 23.6 Å². The molecule has 0 saturated heterocycles. The summed E-state index contributed by atoms with van der Waals surface area (Å²) in [5.74, 6) is 0. The van der Waals surface area contributed by atoms with Crippen LogP contribution < -0.4 is 0 Å². The first-order valence-electron chi connectivity index (χ1n) is 5.39. The van der Waals surface area contributed by atoms with Gasteiger partial charge in [0.1, 0.15) is 6.23 Å². The van der Waals surface area contributed by atoms with Gasteiger partial charge in [-0.15, -0.1) is 0 Å². The molecule has 1 aliphatic rings. The molecule has 1 unspecified atom stereocenters. The molecule has 0 aromatic heterocycles. The summed E-state index contributed by atoms with van der Waals surface area (Å²) in [4.78, 5) is 1.64. The zero-order valence-corrected chi connectivity index (χ0v) is 9.67. The lowest BCUT2D eigenvalue weighted by molar-refractivity contribution is -0.138. The second-order valence-corrected chi connectivity index (χ2v) is 4.47. The summed E-state index contributed by atoms with van der Waals surface area (Å²) in [5, 5.41) is 9.87. The third-order valence-corrected chi connectivity index (χ3v) is 3.22. The van der Waals surface area contributed by atoms with Crippen molar-refractivity contribution in [1.82, 2.24) is 4.90 Å². The smallest absolute Gasteiger partial charge is 0.374 e.